The van der Waals surface area contributed by atoms with Crippen molar-refractivity contribution in [3.8, 4) is 16.9 Å². The standard InChI is InChI=1S/C19H17FO4/c20-14-4-1-3-12(9-14)16-10-13-6-7-17(21)15(13)11-18(16)24-8-2-5-19(22)23/h1,3-4,9-11H,2,5-8H2,(H,22,23). The smallest absolute Gasteiger partial charge is 0.303 e. The largest absolute Gasteiger partial charge is 0.493 e. The van der Waals surface area contributed by atoms with Gasteiger partial charge >= 0.3 is 5.97 Å². The highest BCUT2D eigenvalue weighted by Gasteiger charge is 2.23. The quantitative estimate of drug-likeness (QED) is 0.818. The number of fused-ring (bicyclic) bond motifs is 1. The summed E-state index contributed by atoms with van der Waals surface area (Å²) in [7, 11) is 0. The van der Waals surface area contributed by atoms with Crippen LogP contribution in [0.15, 0.2) is 36.4 Å². The number of Topliss-reactive ketones (excluding diaryl/α,β-unsaturated/α-hetero) is 1. The van der Waals surface area contributed by atoms with Crippen LogP contribution in [0.2, 0.25) is 0 Å². The predicted octanol–water partition coefficient (Wildman–Crippen LogP) is 3.87. The van der Waals surface area contributed by atoms with Gasteiger partial charge in [0.2, 0.25) is 0 Å². The third-order valence-corrected chi connectivity index (χ3v) is 4.06. The van der Waals surface area contributed by atoms with Gasteiger partial charge in [-0.3, -0.25) is 9.59 Å². The Balaban J connectivity index is 1.93. The van der Waals surface area contributed by atoms with Gasteiger partial charge in [-0.05, 0) is 48.2 Å². The molecule has 0 saturated carbocycles. The second kappa shape index (κ2) is 6.83. The zero-order chi connectivity index (χ0) is 17.1. The molecule has 0 aromatic heterocycles. The van der Waals surface area contributed by atoms with Crippen LogP contribution in [-0.2, 0) is 11.2 Å². The lowest BCUT2D eigenvalue weighted by atomic mass is 9.99. The number of benzene rings is 2. The van der Waals surface area contributed by atoms with E-state index in [-0.39, 0.29) is 24.6 Å². The molecule has 0 spiro atoms. The SMILES string of the molecule is O=C(O)CCCOc1cc2c(cc1-c1cccc(F)c1)CCC2=O. The lowest BCUT2D eigenvalue weighted by Gasteiger charge is -2.14. The molecule has 24 heavy (non-hydrogen) atoms. The van der Waals surface area contributed by atoms with Crippen LogP contribution in [0.4, 0.5) is 4.39 Å². The summed E-state index contributed by atoms with van der Waals surface area (Å²) in [5.41, 5.74) is 2.98. The number of carbonyl (C=O) groups excluding carboxylic acids is 1. The lowest BCUT2D eigenvalue weighted by molar-refractivity contribution is -0.137. The molecule has 0 amide bonds. The van der Waals surface area contributed by atoms with Crippen LogP contribution < -0.4 is 4.74 Å². The maximum atomic E-state index is 13.6. The summed E-state index contributed by atoms with van der Waals surface area (Å²) < 4.78 is 19.3. The number of rotatable bonds is 6. The normalized spacial score (nSPS) is 13.0. The highest BCUT2D eigenvalue weighted by molar-refractivity contribution is 6.01. The van der Waals surface area contributed by atoms with Gasteiger partial charge < -0.3 is 9.84 Å². The Morgan fingerprint density at radius 2 is 2.00 bits per heavy atom. The van der Waals surface area contributed by atoms with Crippen LogP contribution in [0.25, 0.3) is 11.1 Å². The Labute approximate surface area is 138 Å². The van der Waals surface area contributed by atoms with Gasteiger partial charge in [0.15, 0.2) is 5.78 Å². The average Bonchev–Trinajstić information content (AvgIpc) is 2.91. The number of hydrogen-bond donors (Lipinski definition) is 1. The summed E-state index contributed by atoms with van der Waals surface area (Å²) >= 11 is 0. The van der Waals surface area contributed by atoms with Gasteiger partial charge in [0.05, 0.1) is 6.61 Å². The fraction of sp³-hybridized carbons (Fsp3) is 0.263. The first-order valence-corrected chi connectivity index (χ1v) is 7.85. The molecule has 4 nitrogen and oxygen atoms in total. The minimum atomic E-state index is -0.881. The topological polar surface area (TPSA) is 63.6 Å². The Morgan fingerprint density at radius 1 is 1.17 bits per heavy atom. The summed E-state index contributed by atoms with van der Waals surface area (Å²) in [6.45, 7) is 0.224. The molecule has 1 N–H and O–H groups in total. The van der Waals surface area contributed by atoms with Gasteiger partial charge in [-0.2, -0.15) is 0 Å². The van der Waals surface area contributed by atoms with E-state index in [1.165, 1.54) is 12.1 Å². The van der Waals surface area contributed by atoms with Gasteiger partial charge in [-0.15, -0.1) is 0 Å². The molecule has 0 heterocycles. The average molecular weight is 328 g/mol. The molecule has 0 aliphatic heterocycles. The second-order valence-corrected chi connectivity index (χ2v) is 5.78. The number of carboxylic acids is 1. The number of carbonyl (C=O) groups is 2. The number of carboxylic acid groups (broad SMARTS) is 1. The monoisotopic (exact) mass is 328 g/mol. The summed E-state index contributed by atoms with van der Waals surface area (Å²) in [5.74, 6) is -0.667. The molecule has 0 saturated heterocycles. The first-order valence-electron chi connectivity index (χ1n) is 7.85. The third-order valence-electron chi connectivity index (χ3n) is 4.06. The van der Waals surface area contributed by atoms with Crippen LogP contribution in [0.1, 0.15) is 35.2 Å². The van der Waals surface area contributed by atoms with Gasteiger partial charge in [0.1, 0.15) is 11.6 Å². The van der Waals surface area contributed by atoms with Gasteiger partial charge in [0.25, 0.3) is 0 Å². The molecule has 2 aromatic carbocycles. The van der Waals surface area contributed by atoms with E-state index in [0.717, 1.165) is 11.1 Å². The van der Waals surface area contributed by atoms with Crippen LogP contribution in [0.3, 0.4) is 0 Å². The second-order valence-electron chi connectivity index (χ2n) is 5.78. The van der Waals surface area contributed by atoms with Crippen molar-refractivity contribution < 1.29 is 23.8 Å². The highest BCUT2D eigenvalue weighted by Crippen LogP contribution is 2.36. The van der Waals surface area contributed by atoms with Crippen molar-refractivity contribution in [2.24, 2.45) is 0 Å². The lowest BCUT2D eigenvalue weighted by Crippen LogP contribution is -2.04. The van der Waals surface area contributed by atoms with E-state index in [4.69, 9.17) is 9.84 Å². The maximum Gasteiger partial charge on any atom is 0.303 e. The van der Waals surface area contributed by atoms with Crippen LogP contribution in [0.5, 0.6) is 5.75 Å². The molecule has 0 fully saturated rings. The molecule has 0 bridgehead atoms. The molecule has 0 unspecified atom stereocenters. The summed E-state index contributed by atoms with van der Waals surface area (Å²) in [4.78, 5) is 22.5. The summed E-state index contributed by atoms with van der Waals surface area (Å²) in [6.07, 6.45) is 1.53. The van der Waals surface area contributed by atoms with Crippen LogP contribution in [-0.4, -0.2) is 23.5 Å². The molecule has 1 aliphatic rings. The number of ether oxygens (including phenoxy) is 1. The molecule has 5 heteroatoms. The fourth-order valence-corrected chi connectivity index (χ4v) is 2.88. The van der Waals surface area contributed by atoms with E-state index in [1.54, 1.807) is 18.2 Å². The predicted molar refractivity (Wildman–Crippen MR) is 86.9 cm³/mol. The van der Waals surface area contributed by atoms with Crippen molar-refractivity contribution in [2.75, 3.05) is 6.61 Å². The molecule has 2 aromatic rings. The van der Waals surface area contributed by atoms with Gasteiger partial charge in [0, 0.05) is 24.0 Å². The minimum absolute atomic E-state index is 0.0131. The number of halogens is 1. The van der Waals surface area contributed by atoms with Gasteiger partial charge in [-0.1, -0.05) is 12.1 Å². The van der Waals surface area contributed by atoms with Crippen LogP contribution >= 0.6 is 0 Å². The molecule has 0 radical (unpaired) electrons. The Hall–Kier alpha value is -2.69. The number of hydrogen-bond acceptors (Lipinski definition) is 3. The third kappa shape index (κ3) is 3.45. The zero-order valence-electron chi connectivity index (χ0n) is 13.0. The number of ketones is 1. The molecular formula is C19H17FO4. The minimum Gasteiger partial charge on any atom is -0.493 e. The molecule has 0 atom stereocenters. The summed E-state index contributed by atoms with van der Waals surface area (Å²) in [6, 6.07) is 9.77. The Morgan fingerprint density at radius 3 is 2.75 bits per heavy atom. The van der Waals surface area contributed by atoms with E-state index in [1.807, 2.05) is 6.07 Å². The first-order chi connectivity index (χ1) is 11.5. The number of aliphatic carboxylic acids is 1. The Bertz CT molecular complexity index is 798. The van der Waals surface area contributed by atoms with E-state index < -0.39 is 5.97 Å². The van der Waals surface area contributed by atoms with E-state index in [0.29, 0.717) is 36.1 Å². The van der Waals surface area contributed by atoms with Gasteiger partial charge in [-0.25, -0.2) is 4.39 Å². The zero-order valence-corrected chi connectivity index (χ0v) is 13.0. The molecule has 3 rings (SSSR count). The fourth-order valence-electron chi connectivity index (χ4n) is 2.88. The van der Waals surface area contributed by atoms with Crippen molar-refractivity contribution >= 4 is 11.8 Å². The first kappa shape index (κ1) is 16.2. The molecule has 124 valence electrons. The van der Waals surface area contributed by atoms with Crippen molar-refractivity contribution in [1.29, 1.82) is 0 Å². The van der Waals surface area contributed by atoms with Crippen molar-refractivity contribution in [1.82, 2.24) is 0 Å². The van der Waals surface area contributed by atoms with E-state index in [9.17, 15) is 14.0 Å². The maximum absolute atomic E-state index is 13.6. The van der Waals surface area contributed by atoms with Crippen molar-refractivity contribution in [2.45, 2.75) is 25.7 Å². The summed E-state index contributed by atoms with van der Waals surface area (Å²) in [5, 5.41) is 8.69. The van der Waals surface area contributed by atoms with Crippen molar-refractivity contribution in [3.05, 3.63) is 53.3 Å². The highest BCUT2D eigenvalue weighted by atomic mass is 19.1. The Kier molecular flexibility index (Phi) is 4.60. The van der Waals surface area contributed by atoms with Crippen molar-refractivity contribution in [3.63, 3.8) is 0 Å². The number of aryl methyl sites for hydroxylation is 1. The van der Waals surface area contributed by atoms with E-state index >= 15 is 0 Å². The molecule has 1 aliphatic carbocycles. The van der Waals surface area contributed by atoms with Crippen LogP contribution in [0, 0.1) is 5.82 Å². The van der Waals surface area contributed by atoms with E-state index in [2.05, 4.69) is 0 Å². The molecular weight excluding hydrogens is 311 g/mol.